The van der Waals surface area contributed by atoms with E-state index in [0.717, 1.165) is 27.9 Å². The molecule has 0 N–H and O–H groups in total. The first-order valence-corrected chi connectivity index (χ1v) is 6.97. The predicted molar refractivity (Wildman–Crippen MR) is 77.5 cm³/mol. The van der Waals surface area contributed by atoms with Crippen molar-refractivity contribution in [2.75, 3.05) is 0 Å². The highest BCUT2D eigenvalue weighted by atomic mass is 35.5. The molecule has 1 aromatic rings. The lowest BCUT2D eigenvalue weighted by molar-refractivity contribution is 0.0820. The number of aromatic nitrogens is 1. The molecule has 98 valence electrons. The lowest BCUT2D eigenvalue weighted by Gasteiger charge is -2.45. The van der Waals surface area contributed by atoms with Gasteiger partial charge in [0.15, 0.2) is 0 Å². The molecule has 2 unspecified atom stereocenters. The zero-order valence-corrected chi connectivity index (χ0v) is 12.5. The fraction of sp³-hybridized carbons (Fsp3) is 0.600. The van der Waals surface area contributed by atoms with Gasteiger partial charge in [-0.05, 0) is 37.7 Å². The number of hydrogen-bond donors (Lipinski definition) is 0. The summed E-state index contributed by atoms with van der Waals surface area (Å²) < 4.78 is 0. The minimum Gasteiger partial charge on any atom is -0.285 e. The number of halogens is 1. The summed E-state index contributed by atoms with van der Waals surface area (Å²) in [5.41, 5.74) is 2.97. The first-order valence-electron chi connectivity index (χ1n) is 6.59. The average molecular weight is 265 g/mol. The van der Waals surface area contributed by atoms with Crippen molar-refractivity contribution in [2.45, 2.75) is 40.7 Å². The Bertz CT molecular complexity index is 451. The molecule has 0 radical (unpaired) electrons. The second-order valence-corrected chi connectivity index (χ2v) is 5.94. The van der Waals surface area contributed by atoms with Crippen LogP contribution in [0.5, 0.6) is 0 Å². The van der Waals surface area contributed by atoms with Crippen molar-refractivity contribution in [3.05, 3.63) is 28.5 Å². The molecule has 0 amide bonds. The lowest BCUT2D eigenvalue weighted by Crippen LogP contribution is -2.46. The van der Waals surface area contributed by atoms with E-state index in [0.29, 0.717) is 17.9 Å². The van der Waals surface area contributed by atoms with Crippen LogP contribution < -0.4 is 0 Å². The minimum atomic E-state index is 0.427. The monoisotopic (exact) mass is 264 g/mol. The topological polar surface area (TPSA) is 25.2 Å². The van der Waals surface area contributed by atoms with E-state index in [9.17, 15) is 0 Å². The second kappa shape index (κ2) is 5.00. The molecule has 2 atom stereocenters. The summed E-state index contributed by atoms with van der Waals surface area (Å²) in [7, 11) is 0. The van der Waals surface area contributed by atoms with Crippen molar-refractivity contribution in [2.24, 2.45) is 22.7 Å². The Kier molecular flexibility index (Phi) is 3.76. The van der Waals surface area contributed by atoms with Crippen LogP contribution >= 0.6 is 11.6 Å². The van der Waals surface area contributed by atoms with Crippen molar-refractivity contribution in [1.82, 2.24) is 4.98 Å². The molecule has 0 bridgehead atoms. The van der Waals surface area contributed by atoms with Gasteiger partial charge >= 0.3 is 0 Å². The molecule has 0 aromatic carbocycles. The Labute approximate surface area is 114 Å². The fourth-order valence-corrected chi connectivity index (χ4v) is 3.26. The van der Waals surface area contributed by atoms with Crippen molar-refractivity contribution >= 4 is 17.3 Å². The van der Waals surface area contributed by atoms with E-state index < -0.39 is 0 Å². The van der Waals surface area contributed by atoms with Crippen LogP contribution in [0, 0.1) is 24.7 Å². The highest BCUT2D eigenvalue weighted by molar-refractivity contribution is 6.34. The van der Waals surface area contributed by atoms with E-state index in [2.05, 4.69) is 25.8 Å². The Hall–Kier alpha value is -0.890. The summed E-state index contributed by atoms with van der Waals surface area (Å²) in [6.45, 7) is 10.9. The van der Waals surface area contributed by atoms with Gasteiger partial charge in [0, 0.05) is 23.2 Å². The standard InChI is InChI=1S/C15H21ClN2/c1-8-9(2)15(10(8)3)18-12(5)14-11(4)17-7-6-13(14)16/h6-10,15H,1-5H3. The van der Waals surface area contributed by atoms with Gasteiger partial charge in [0.05, 0.1) is 11.1 Å². The van der Waals surface area contributed by atoms with Crippen LogP contribution in [0.3, 0.4) is 0 Å². The van der Waals surface area contributed by atoms with Gasteiger partial charge in [-0.1, -0.05) is 32.4 Å². The molecule has 0 saturated heterocycles. The molecule has 2 nitrogen and oxygen atoms in total. The highest BCUT2D eigenvalue weighted by Gasteiger charge is 2.41. The molecule has 0 aliphatic heterocycles. The molecule has 1 heterocycles. The van der Waals surface area contributed by atoms with Crippen LogP contribution in [-0.2, 0) is 0 Å². The molecule has 1 aliphatic rings. The van der Waals surface area contributed by atoms with Crippen LogP contribution in [-0.4, -0.2) is 16.7 Å². The Balaban J connectivity index is 2.29. The van der Waals surface area contributed by atoms with Gasteiger partial charge < -0.3 is 0 Å². The van der Waals surface area contributed by atoms with Crippen LogP contribution in [0.4, 0.5) is 0 Å². The zero-order chi connectivity index (χ0) is 13.4. The number of nitrogens with zero attached hydrogens (tertiary/aromatic N) is 2. The summed E-state index contributed by atoms with van der Waals surface area (Å²) in [6.07, 6.45) is 1.74. The van der Waals surface area contributed by atoms with Crippen LogP contribution in [0.15, 0.2) is 17.3 Å². The first kappa shape index (κ1) is 13.5. The molecule has 3 heteroatoms. The third-order valence-electron chi connectivity index (χ3n) is 4.53. The third kappa shape index (κ3) is 2.18. The number of hydrogen-bond acceptors (Lipinski definition) is 2. The summed E-state index contributed by atoms with van der Waals surface area (Å²) in [4.78, 5) is 9.18. The maximum absolute atomic E-state index is 6.25. The summed E-state index contributed by atoms with van der Waals surface area (Å²) in [5, 5.41) is 0.747. The molecule has 0 spiro atoms. The van der Waals surface area contributed by atoms with Gasteiger partial charge in [-0.3, -0.25) is 9.98 Å². The molecular formula is C15H21ClN2. The quantitative estimate of drug-likeness (QED) is 0.737. The van der Waals surface area contributed by atoms with Gasteiger partial charge in [-0.2, -0.15) is 0 Å². The highest BCUT2D eigenvalue weighted by Crippen LogP contribution is 2.42. The van der Waals surface area contributed by atoms with E-state index in [1.807, 2.05) is 19.9 Å². The zero-order valence-electron chi connectivity index (χ0n) is 11.7. The molecule has 18 heavy (non-hydrogen) atoms. The summed E-state index contributed by atoms with van der Waals surface area (Å²) >= 11 is 6.25. The van der Waals surface area contributed by atoms with E-state index >= 15 is 0 Å². The smallest absolute Gasteiger partial charge is 0.0559 e. The number of pyridine rings is 1. The van der Waals surface area contributed by atoms with E-state index in [1.165, 1.54) is 0 Å². The fourth-order valence-electron chi connectivity index (χ4n) is 2.93. The molecule has 1 aromatic heterocycles. The Morgan fingerprint density at radius 3 is 2.39 bits per heavy atom. The number of aryl methyl sites for hydroxylation is 1. The van der Waals surface area contributed by atoms with Crippen LogP contribution in [0.25, 0.3) is 0 Å². The number of aliphatic imine (C=N–C) groups is 1. The van der Waals surface area contributed by atoms with Crippen molar-refractivity contribution in [1.29, 1.82) is 0 Å². The summed E-state index contributed by atoms with van der Waals surface area (Å²) in [6, 6.07) is 2.26. The molecule has 1 fully saturated rings. The van der Waals surface area contributed by atoms with E-state index in [-0.39, 0.29) is 0 Å². The van der Waals surface area contributed by atoms with Crippen LogP contribution in [0.1, 0.15) is 39.0 Å². The van der Waals surface area contributed by atoms with Gasteiger partial charge in [-0.15, -0.1) is 0 Å². The molecule has 2 rings (SSSR count). The van der Waals surface area contributed by atoms with Gasteiger partial charge in [0.2, 0.25) is 0 Å². The van der Waals surface area contributed by atoms with Crippen molar-refractivity contribution < 1.29 is 0 Å². The van der Waals surface area contributed by atoms with Gasteiger partial charge in [-0.25, -0.2) is 0 Å². The molecular weight excluding hydrogens is 244 g/mol. The summed E-state index contributed by atoms with van der Waals surface area (Å²) in [5.74, 6) is 2.08. The minimum absolute atomic E-state index is 0.427. The first-order chi connectivity index (χ1) is 8.43. The normalized spacial score (nSPS) is 32.2. The Morgan fingerprint density at radius 1 is 1.22 bits per heavy atom. The largest absolute Gasteiger partial charge is 0.285 e. The molecule has 1 saturated carbocycles. The van der Waals surface area contributed by atoms with Crippen molar-refractivity contribution in [3.8, 4) is 0 Å². The van der Waals surface area contributed by atoms with Gasteiger partial charge in [0.25, 0.3) is 0 Å². The second-order valence-electron chi connectivity index (χ2n) is 5.54. The third-order valence-corrected chi connectivity index (χ3v) is 4.85. The average Bonchev–Trinajstić information content (AvgIpc) is 2.34. The van der Waals surface area contributed by atoms with E-state index in [1.54, 1.807) is 6.20 Å². The van der Waals surface area contributed by atoms with Crippen LogP contribution in [0.2, 0.25) is 5.02 Å². The SMILES string of the molecule is CC(=NC1C(C)C(C)C1C)c1c(Cl)ccnc1C. The predicted octanol–water partition coefficient (Wildman–Crippen LogP) is 4.14. The maximum Gasteiger partial charge on any atom is 0.0559 e. The lowest BCUT2D eigenvalue weighted by atomic mass is 9.63. The molecule has 1 aliphatic carbocycles. The van der Waals surface area contributed by atoms with Gasteiger partial charge in [0.1, 0.15) is 0 Å². The number of rotatable bonds is 2. The van der Waals surface area contributed by atoms with E-state index in [4.69, 9.17) is 16.6 Å². The maximum atomic E-state index is 6.25. The Morgan fingerprint density at radius 2 is 1.83 bits per heavy atom. The van der Waals surface area contributed by atoms with Crippen molar-refractivity contribution in [3.63, 3.8) is 0 Å².